The first-order valence-corrected chi connectivity index (χ1v) is 9.91. The van der Waals surface area contributed by atoms with E-state index in [0.29, 0.717) is 19.0 Å². The Hall–Kier alpha value is -3.03. The molecule has 2 aromatic heterocycles. The summed E-state index contributed by atoms with van der Waals surface area (Å²) < 4.78 is 16.3. The molecule has 8 heteroatoms. The van der Waals surface area contributed by atoms with Crippen LogP contribution in [-0.2, 0) is 11.3 Å². The van der Waals surface area contributed by atoms with Crippen LogP contribution < -0.4 is 15.0 Å². The van der Waals surface area contributed by atoms with Gasteiger partial charge >= 0.3 is 0 Å². The Morgan fingerprint density at radius 2 is 2.24 bits per heavy atom. The quantitative estimate of drug-likeness (QED) is 0.680. The second kappa shape index (κ2) is 8.14. The molecule has 3 aromatic rings. The van der Waals surface area contributed by atoms with Crippen molar-refractivity contribution in [3.05, 3.63) is 35.2 Å². The zero-order chi connectivity index (χ0) is 20.4. The lowest BCUT2D eigenvalue weighted by molar-refractivity contribution is -0.122. The van der Waals surface area contributed by atoms with E-state index in [1.54, 1.807) is 7.11 Å². The van der Waals surface area contributed by atoms with Gasteiger partial charge in [-0.05, 0) is 44.7 Å². The smallest absolute Gasteiger partial charge is 0.298 e. The van der Waals surface area contributed by atoms with E-state index < -0.39 is 0 Å². The third kappa shape index (κ3) is 4.21. The highest BCUT2D eigenvalue weighted by Gasteiger charge is 2.25. The monoisotopic (exact) mass is 398 g/mol. The van der Waals surface area contributed by atoms with Gasteiger partial charge in [-0.2, -0.15) is 4.98 Å². The average Bonchev–Trinajstić information content (AvgIpc) is 3.29. The molecule has 8 nitrogen and oxygen atoms in total. The molecule has 1 unspecified atom stereocenters. The van der Waals surface area contributed by atoms with Gasteiger partial charge in [0.1, 0.15) is 17.0 Å². The van der Waals surface area contributed by atoms with Crippen molar-refractivity contribution in [2.75, 3.05) is 25.1 Å². The van der Waals surface area contributed by atoms with E-state index in [-0.39, 0.29) is 11.8 Å². The van der Waals surface area contributed by atoms with Gasteiger partial charge in [0.15, 0.2) is 5.58 Å². The lowest BCUT2D eigenvalue weighted by atomic mass is 9.94. The topological polar surface area (TPSA) is 93.6 Å². The Kier molecular flexibility index (Phi) is 5.42. The number of hydrogen-bond donors (Lipinski definition) is 1. The number of fused-ring (bicyclic) bond motifs is 1. The SMILES string of the molecule is COc1ccc2oc(N3CCCC(CC(=O)NCc4c(C)noc4C)C3)nc2c1. The molecular formula is C21H26N4O4. The molecule has 3 heterocycles. The van der Waals surface area contributed by atoms with E-state index >= 15 is 0 Å². The van der Waals surface area contributed by atoms with Gasteiger partial charge in [0.25, 0.3) is 6.01 Å². The number of carbonyl (C=O) groups is 1. The largest absolute Gasteiger partial charge is 0.497 e. The minimum atomic E-state index is 0.0409. The van der Waals surface area contributed by atoms with Crippen molar-refractivity contribution in [3.63, 3.8) is 0 Å². The van der Waals surface area contributed by atoms with E-state index in [1.165, 1.54) is 0 Å². The number of oxazole rings is 1. The van der Waals surface area contributed by atoms with Crippen LogP contribution >= 0.6 is 0 Å². The second-order valence-electron chi connectivity index (χ2n) is 7.57. The van der Waals surface area contributed by atoms with Crippen LogP contribution in [0.1, 0.15) is 36.3 Å². The molecule has 0 bridgehead atoms. The zero-order valence-electron chi connectivity index (χ0n) is 17.0. The van der Waals surface area contributed by atoms with Gasteiger partial charge in [0.05, 0.1) is 12.8 Å². The molecular weight excluding hydrogens is 372 g/mol. The molecule has 0 spiro atoms. The lowest BCUT2D eigenvalue weighted by Crippen LogP contribution is -2.38. The van der Waals surface area contributed by atoms with Gasteiger partial charge in [-0.25, -0.2) is 0 Å². The van der Waals surface area contributed by atoms with Crippen molar-refractivity contribution < 1.29 is 18.5 Å². The molecule has 1 N–H and O–H groups in total. The van der Waals surface area contributed by atoms with E-state index in [2.05, 4.69) is 20.4 Å². The first kappa shape index (κ1) is 19.3. The summed E-state index contributed by atoms with van der Waals surface area (Å²) >= 11 is 0. The van der Waals surface area contributed by atoms with Gasteiger partial charge in [-0.1, -0.05) is 5.16 Å². The first-order valence-electron chi connectivity index (χ1n) is 9.91. The summed E-state index contributed by atoms with van der Waals surface area (Å²) in [5.41, 5.74) is 3.28. The number of nitrogens with zero attached hydrogens (tertiary/aromatic N) is 3. The normalized spacial score (nSPS) is 16.9. The molecule has 1 fully saturated rings. The summed E-state index contributed by atoms with van der Waals surface area (Å²) in [5, 5.41) is 6.92. The fraction of sp³-hybridized carbons (Fsp3) is 0.476. The van der Waals surface area contributed by atoms with E-state index in [0.717, 1.165) is 59.8 Å². The summed E-state index contributed by atoms with van der Waals surface area (Å²) in [5.74, 6) is 1.81. The zero-order valence-corrected chi connectivity index (χ0v) is 17.0. The van der Waals surface area contributed by atoms with Crippen LogP contribution in [0.4, 0.5) is 6.01 Å². The lowest BCUT2D eigenvalue weighted by Gasteiger charge is -2.31. The van der Waals surface area contributed by atoms with E-state index in [9.17, 15) is 4.79 Å². The van der Waals surface area contributed by atoms with Crippen molar-refractivity contribution in [1.82, 2.24) is 15.5 Å². The molecule has 4 rings (SSSR count). The van der Waals surface area contributed by atoms with E-state index in [1.807, 2.05) is 32.0 Å². The Morgan fingerprint density at radius 1 is 1.38 bits per heavy atom. The number of carbonyl (C=O) groups excluding carboxylic acids is 1. The van der Waals surface area contributed by atoms with Crippen LogP contribution in [-0.4, -0.2) is 36.2 Å². The molecule has 1 amide bonds. The molecule has 154 valence electrons. The summed E-state index contributed by atoms with van der Waals surface area (Å²) in [7, 11) is 1.63. The number of nitrogens with one attached hydrogen (secondary N) is 1. The number of hydrogen-bond acceptors (Lipinski definition) is 7. The number of aryl methyl sites for hydroxylation is 2. The number of piperidine rings is 1. The third-order valence-corrected chi connectivity index (χ3v) is 5.49. The number of methoxy groups -OCH3 is 1. The maximum absolute atomic E-state index is 12.5. The van der Waals surface area contributed by atoms with Gasteiger partial charge < -0.3 is 23.9 Å². The maximum Gasteiger partial charge on any atom is 0.298 e. The van der Waals surface area contributed by atoms with Crippen LogP contribution in [0.15, 0.2) is 27.1 Å². The molecule has 1 saturated heterocycles. The van der Waals surface area contributed by atoms with Crippen molar-refractivity contribution in [1.29, 1.82) is 0 Å². The van der Waals surface area contributed by atoms with Gasteiger partial charge in [-0.15, -0.1) is 0 Å². The molecule has 0 radical (unpaired) electrons. The Labute approximate surface area is 169 Å². The predicted octanol–water partition coefficient (Wildman–Crippen LogP) is 3.36. The van der Waals surface area contributed by atoms with Crippen LogP contribution in [0, 0.1) is 19.8 Å². The molecule has 1 aliphatic heterocycles. The summed E-state index contributed by atoms with van der Waals surface area (Å²) in [6.07, 6.45) is 2.50. The van der Waals surface area contributed by atoms with E-state index in [4.69, 9.17) is 13.7 Å². The summed E-state index contributed by atoms with van der Waals surface area (Å²) in [4.78, 5) is 19.2. The first-order chi connectivity index (χ1) is 14.0. The van der Waals surface area contributed by atoms with Crippen molar-refractivity contribution in [2.24, 2.45) is 5.92 Å². The number of benzene rings is 1. The van der Waals surface area contributed by atoms with Crippen LogP contribution in [0.2, 0.25) is 0 Å². The highest BCUT2D eigenvalue weighted by atomic mass is 16.5. The molecule has 1 atom stereocenters. The fourth-order valence-corrected chi connectivity index (χ4v) is 3.84. The number of amides is 1. The van der Waals surface area contributed by atoms with Crippen LogP contribution in [0.25, 0.3) is 11.1 Å². The Morgan fingerprint density at radius 3 is 3.00 bits per heavy atom. The van der Waals surface area contributed by atoms with Crippen molar-refractivity contribution in [3.8, 4) is 5.75 Å². The molecule has 29 heavy (non-hydrogen) atoms. The maximum atomic E-state index is 12.5. The minimum Gasteiger partial charge on any atom is -0.497 e. The molecule has 0 saturated carbocycles. The highest BCUT2D eigenvalue weighted by Crippen LogP contribution is 2.29. The second-order valence-corrected chi connectivity index (χ2v) is 7.57. The van der Waals surface area contributed by atoms with Gasteiger partial charge in [0, 0.05) is 37.7 Å². The molecule has 0 aliphatic carbocycles. The minimum absolute atomic E-state index is 0.0409. The van der Waals surface area contributed by atoms with Crippen molar-refractivity contribution >= 4 is 23.0 Å². The molecule has 1 aliphatic rings. The Balaban J connectivity index is 1.36. The Bertz CT molecular complexity index is 990. The number of aromatic nitrogens is 2. The van der Waals surface area contributed by atoms with Gasteiger partial charge in [0.2, 0.25) is 5.91 Å². The van der Waals surface area contributed by atoms with Gasteiger partial charge in [-0.3, -0.25) is 4.79 Å². The summed E-state index contributed by atoms with van der Waals surface area (Å²) in [6, 6.07) is 6.20. The molecule has 1 aromatic carbocycles. The van der Waals surface area contributed by atoms with Crippen LogP contribution in [0.5, 0.6) is 5.75 Å². The van der Waals surface area contributed by atoms with Crippen LogP contribution in [0.3, 0.4) is 0 Å². The predicted molar refractivity (Wildman–Crippen MR) is 108 cm³/mol. The number of ether oxygens (including phenoxy) is 1. The average molecular weight is 398 g/mol. The number of rotatable bonds is 6. The standard InChI is InChI=1S/C21H26N4O4/c1-13-17(14(2)29-24-13)11-22-20(26)9-15-5-4-8-25(12-15)21-23-18-10-16(27-3)6-7-19(18)28-21/h6-7,10,15H,4-5,8-9,11-12H2,1-3H3,(H,22,26). The highest BCUT2D eigenvalue weighted by molar-refractivity contribution is 5.77. The summed E-state index contributed by atoms with van der Waals surface area (Å²) in [6.45, 7) is 5.82. The third-order valence-electron chi connectivity index (χ3n) is 5.49. The number of anilines is 1. The fourth-order valence-electron chi connectivity index (χ4n) is 3.84. The van der Waals surface area contributed by atoms with Crippen molar-refractivity contribution in [2.45, 2.75) is 39.7 Å².